The van der Waals surface area contributed by atoms with Crippen LogP contribution in [0.3, 0.4) is 0 Å². The van der Waals surface area contributed by atoms with Crippen LogP contribution in [0.15, 0.2) is 24.3 Å². The third-order valence-electron chi connectivity index (χ3n) is 12.6. The SMILES string of the molecule is C.CC(=O)[C@@]12C[C@H]1/C=C\CCCCC[C@H](NC(=O)C(F)(F)F)C(=O)N1C[C@H](O)C[C@H]1C(=O)N2.CCOC(=O)[C@@]1(N)C[C@H]1/C=C\CCCCC[C@H](NC(=O)C(F)(F)F)C(=O)N1C[C@H](O)C[C@H]1C(=O)O. The summed E-state index contributed by atoms with van der Waals surface area (Å²) in [6.45, 7) is 2.73. The first-order valence-corrected chi connectivity index (χ1v) is 22.3. The highest BCUT2D eigenvalue weighted by atomic mass is 19.4. The van der Waals surface area contributed by atoms with Gasteiger partial charge >= 0.3 is 36.1 Å². The predicted octanol–water partition coefficient (Wildman–Crippen LogP) is 2.48. The molecule has 4 fully saturated rings. The molecule has 8 N–H and O–H groups in total. The molecule has 24 heteroatoms. The van der Waals surface area contributed by atoms with Crippen LogP contribution in [0, 0.1) is 11.8 Å². The zero-order valence-corrected chi connectivity index (χ0v) is 37.2. The number of aliphatic hydroxyl groups excluding tert-OH is 2. The van der Waals surface area contributed by atoms with E-state index in [4.69, 9.17) is 10.5 Å². The second kappa shape index (κ2) is 24.0. The highest BCUT2D eigenvalue weighted by molar-refractivity contribution is 5.98. The Kier molecular flexibility index (Phi) is 20.2. The number of rotatable bonds is 14. The van der Waals surface area contributed by atoms with Gasteiger partial charge in [0, 0.05) is 37.8 Å². The topological polar surface area (TPSA) is 275 Å². The van der Waals surface area contributed by atoms with E-state index in [1.165, 1.54) is 6.92 Å². The number of allylic oxidation sites excluding steroid dienone is 2. The maximum Gasteiger partial charge on any atom is 0.471 e. The number of carbonyl (C=O) groups excluding carboxylic acids is 7. The molecule has 0 aromatic rings. The van der Waals surface area contributed by atoms with Gasteiger partial charge in [0.25, 0.3) is 0 Å². The van der Waals surface area contributed by atoms with Gasteiger partial charge < -0.3 is 51.5 Å². The number of alkyl halides is 6. The number of nitrogens with two attached hydrogens (primary N) is 1. The number of carboxylic acid groups (broad SMARTS) is 1. The Hall–Kier alpha value is -5.10. The van der Waals surface area contributed by atoms with Crippen molar-refractivity contribution in [3.8, 4) is 0 Å². The van der Waals surface area contributed by atoms with Gasteiger partial charge in [-0.25, -0.2) is 4.79 Å². The van der Waals surface area contributed by atoms with Gasteiger partial charge in [-0.1, -0.05) is 57.4 Å². The number of hydrogen-bond donors (Lipinski definition) is 7. The molecule has 0 unspecified atom stereocenters. The molecule has 384 valence electrons. The summed E-state index contributed by atoms with van der Waals surface area (Å²) in [5, 5.41) is 35.2. The smallest absolute Gasteiger partial charge is 0.471 e. The molecule has 18 nitrogen and oxygen atoms in total. The lowest BCUT2D eigenvalue weighted by atomic mass is 10.0. The average molecular weight is 983 g/mol. The molecule has 68 heavy (non-hydrogen) atoms. The van der Waals surface area contributed by atoms with Crippen molar-refractivity contribution in [1.29, 1.82) is 0 Å². The molecular weight excluding hydrogens is 919 g/mol. The summed E-state index contributed by atoms with van der Waals surface area (Å²) in [5.41, 5.74) is 3.91. The standard InChI is InChI=1S/C22H32F3N3O7.C21H28F3N3O5.CH4/c1-2-35-20(34)21(26)11-13(21)8-6-4-3-5-7-9-15(27-19(33)22(23,24)25)17(30)28-12-14(29)10-16(28)18(31)32;1-12(28)20-10-13(20)7-5-3-2-4-6-8-15(25-19(32)21(22,23)24)18(31)27-11-14(29)9-16(27)17(30)26-20;/h6,8,13-16,29H,2-5,7,9-12,26H2,1H3,(H,27,33)(H,31,32);5,7,13-16,29H,2-4,6,8-11H2,1H3,(H,25,32)(H,26,30);1H4/b8-6-;7-5-;/t13-,14-,15+,16+,21-;13-,14-,15+,16+,20+;/m11./s1. The number of unbranched alkanes of at least 4 members (excludes halogenated alkanes) is 3. The number of amides is 5. The number of nitrogens with zero attached hydrogens (tertiary/aromatic N) is 2. The van der Waals surface area contributed by atoms with Crippen LogP contribution >= 0.6 is 0 Å². The molecule has 10 atom stereocenters. The van der Waals surface area contributed by atoms with Gasteiger partial charge in [0.2, 0.25) is 17.7 Å². The van der Waals surface area contributed by atoms with Crippen molar-refractivity contribution in [3.63, 3.8) is 0 Å². The van der Waals surface area contributed by atoms with Crippen LogP contribution in [0.5, 0.6) is 0 Å². The first-order valence-electron chi connectivity index (χ1n) is 22.3. The quantitative estimate of drug-likeness (QED) is 0.0571. The van der Waals surface area contributed by atoms with Crippen LogP contribution in [0.1, 0.15) is 111 Å². The first-order chi connectivity index (χ1) is 31.3. The summed E-state index contributed by atoms with van der Waals surface area (Å²) in [6.07, 6.45) is -0.0936. The Morgan fingerprint density at radius 3 is 2.24 bits per heavy atom. The van der Waals surface area contributed by atoms with E-state index in [1.54, 1.807) is 17.6 Å². The van der Waals surface area contributed by atoms with Crippen molar-refractivity contribution >= 4 is 47.3 Å². The molecule has 2 aliphatic carbocycles. The zero-order valence-electron chi connectivity index (χ0n) is 37.2. The molecule has 5 aliphatic rings. The van der Waals surface area contributed by atoms with E-state index in [0.717, 1.165) is 16.2 Å². The number of likely N-dealkylation sites (tertiary alicyclic amines) is 1. The van der Waals surface area contributed by atoms with Crippen molar-refractivity contribution in [2.24, 2.45) is 17.6 Å². The fraction of sp³-hybridized carbons (Fsp3) is 0.727. The number of ketones is 1. The molecule has 2 saturated heterocycles. The summed E-state index contributed by atoms with van der Waals surface area (Å²) in [6, 6.07) is -5.56. The molecule has 5 amide bonds. The largest absolute Gasteiger partial charge is 0.480 e. The second-order valence-electron chi connectivity index (χ2n) is 17.7. The number of halogens is 6. The van der Waals surface area contributed by atoms with E-state index in [1.807, 2.05) is 24.3 Å². The molecule has 0 bridgehead atoms. The average Bonchev–Trinajstić information content (AvgIpc) is 3.99. The van der Waals surface area contributed by atoms with E-state index in [2.05, 4.69) is 5.32 Å². The molecule has 0 aromatic heterocycles. The van der Waals surface area contributed by atoms with E-state index in [0.29, 0.717) is 57.8 Å². The predicted molar refractivity (Wildman–Crippen MR) is 228 cm³/mol. The van der Waals surface area contributed by atoms with E-state index in [9.17, 15) is 80.0 Å². The number of nitrogens with one attached hydrogen (secondary N) is 3. The van der Waals surface area contributed by atoms with Crippen molar-refractivity contribution in [3.05, 3.63) is 24.3 Å². The van der Waals surface area contributed by atoms with E-state index in [-0.39, 0.29) is 70.4 Å². The van der Waals surface area contributed by atoms with Crippen molar-refractivity contribution in [2.75, 3.05) is 19.7 Å². The Morgan fingerprint density at radius 1 is 0.956 bits per heavy atom. The maximum absolute atomic E-state index is 13.1. The third kappa shape index (κ3) is 14.9. The number of carbonyl (C=O) groups is 8. The lowest BCUT2D eigenvalue weighted by molar-refractivity contribution is -0.175. The van der Waals surface area contributed by atoms with E-state index < -0.39 is 101 Å². The van der Waals surface area contributed by atoms with Crippen molar-refractivity contribution in [1.82, 2.24) is 25.8 Å². The minimum absolute atomic E-state index is 0. The Bertz CT molecular complexity index is 1920. The van der Waals surface area contributed by atoms with Gasteiger partial charge in [-0.2, -0.15) is 26.3 Å². The lowest BCUT2D eigenvalue weighted by Crippen LogP contribution is -2.57. The van der Waals surface area contributed by atoms with Crippen molar-refractivity contribution in [2.45, 2.75) is 171 Å². The highest BCUT2D eigenvalue weighted by Crippen LogP contribution is 2.46. The second-order valence-corrected chi connectivity index (χ2v) is 17.7. The Morgan fingerprint density at radius 2 is 1.62 bits per heavy atom. The minimum Gasteiger partial charge on any atom is -0.480 e. The lowest BCUT2D eigenvalue weighted by Gasteiger charge is -2.29. The normalized spacial score (nSPS) is 30.4. The number of ether oxygens (including phenoxy) is 1. The van der Waals surface area contributed by atoms with Gasteiger partial charge in [-0.05, 0) is 65.2 Å². The van der Waals surface area contributed by atoms with Gasteiger partial charge in [0.1, 0.15) is 35.2 Å². The molecule has 2 saturated carbocycles. The third-order valence-corrected chi connectivity index (χ3v) is 12.6. The number of esters is 1. The van der Waals surface area contributed by atoms with Crippen LogP contribution in [0.2, 0.25) is 0 Å². The fourth-order valence-corrected chi connectivity index (χ4v) is 8.59. The Labute approximate surface area is 389 Å². The number of fused-ring (bicyclic) bond motifs is 2. The molecule has 0 aromatic carbocycles. The number of hydrogen-bond acceptors (Lipinski definition) is 12. The van der Waals surface area contributed by atoms with Gasteiger partial charge in [-0.15, -0.1) is 0 Å². The molecule has 5 rings (SSSR count). The van der Waals surface area contributed by atoms with E-state index >= 15 is 0 Å². The van der Waals surface area contributed by atoms with Crippen LogP contribution < -0.4 is 21.7 Å². The minimum atomic E-state index is -5.20. The monoisotopic (exact) mass is 982 g/mol. The highest BCUT2D eigenvalue weighted by Gasteiger charge is 2.59. The molecular formula is C44H64F6N6O12. The fourth-order valence-electron chi connectivity index (χ4n) is 8.59. The summed E-state index contributed by atoms with van der Waals surface area (Å²) in [5.74, 6) is -9.31. The number of aliphatic hydroxyl groups is 2. The summed E-state index contributed by atoms with van der Waals surface area (Å²) in [4.78, 5) is 99.1. The first kappa shape index (κ1) is 57.2. The van der Waals surface area contributed by atoms with Gasteiger partial charge in [-0.3, -0.25) is 33.6 Å². The van der Waals surface area contributed by atoms with Crippen LogP contribution in [0.4, 0.5) is 26.3 Å². The number of aliphatic carboxylic acids is 1. The van der Waals surface area contributed by atoms with Crippen LogP contribution in [0.25, 0.3) is 0 Å². The van der Waals surface area contributed by atoms with Crippen LogP contribution in [-0.4, -0.2) is 152 Å². The molecule has 0 radical (unpaired) electrons. The number of Topliss-reactive ketones (excluding diaryl/α,β-unsaturated/α-hetero) is 1. The van der Waals surface area contributed by atoms with Crippen LogP contribution in [-0.2, 0) is 43.1 Å². The molecule has 0 spiro atoms. The molecule has 3 aliphatic heterocycles. The Balaban J connectivity index is 0.000000356. The van der Waals surface area contributed by atoms with Gasteiger partial charge in [0.15, 0.2) is 5.78 Å². The molecule has 3 heterocycles. The number of carboxylic acids is 1. The number of β-amino-alcohol motifs (C(OH)–C–C–N with tert-alkyl or cyclic N) is 1. The summed E-state index contributed by atoms with van der Waals surface area (Å²) >= 11 is 0. The van der Waals surface area contributed by atoms with Crippen molar-refractivity contribution < 1.29 is 84.8 Å². The summed E-state index contributed by atoms with van der Waals surface area (Å²) in [7, 11) is 0. The van der Waals surface area contributed by atoms with Gasteiger partial charge in [0.05, 0.1) is 18.8 Å². The maximum atomic E-state index is 13.1. The summed E-state index contributed by atoms with van der Waals surface area (Å²) < 4.78 is 81.6. The zero-order chi connectivity index (χ0) is 50.1.